The summed E-state index contributed by atoms with van der Waals surface area (Å²) in [5.41, 5.74) is 1.57. The van der Waals surface area contributed by atoms with E-state index in [0.717, 1.165) is 33.1 Å². The van der Waals surface area contributed by atoms with Crippen LogP contribution in [0.1, 0.15) is 22.5 Å². The highest BCUT2D eigenvalue weighted by Gasteiger charge is 2.54. The lowest BCUT2D eigenvalue weighted by Crippen LogP contribution is -2.71. The average Bonchev–Trinajstić information content (AvgIpc) is 3.60. The van der Waals surface area contributed by atoms with Crippen LogP contribution in [0.25, 0.3) is 0 Å². The number of carboxylic acid groups (broad SMARTS) is 1. The lowest BCUT2D eigenvalue weighted by Gasteiger charge is -2.49. The Morgan fingerprint density at radius 2 is 1.63 bits per heavy atom. The number of hydrogen-bond donors (Lipinski definition) is 3. The van der Waals surface area contributed by atoms with Crippen molar-refractivity contribution in [1.29, 1.82) is 0 Å². The van der Waals surface area contributed by atoms with Gasteiger partial charge in [-0.15, -0.1) is 23.4 Å². The van der Waals surface area contributed by atoms with Gasteiger partial charge in [-0.3, -0.25) is 14.5 Å². The molecule has 49 heavy (non-hydrogen) atoms. The van der Waals surface area contributed by atoms with Gasteiger partial charge in [0.15, 0.2) is 0 Å². The molecule has 3 N–H and O–H groups in total. The number of hydrogen-bond acceptors (Lipinski definition) is 10. The number of alkyl halides is 2. The number of allylic oxidation sites excluding steroid dienone is 2. The van der Waals surface area contributed by atoms with Crippen LogP contribution in [0, 0.1) is 0 Å². The molecule has 2 aliphatic heterocycles. The Hall–Kier alpha value is -5.05. The zero-order valence-electron chi connectivity index (χ0n) is 25.5. The third kappa shape index (κ3) is 6.67. The molecule has 2 amide bonds. The molecule has 0 aliphatic carbocycles. The van der Waals surface area contributed by atoms with Crippen molar-refractivity contribution >= 4 is 63.5 Å². The van der Waals surface area contributed by atoms with Crippen LogP contribution in [0.15, 0.2) is 120 Å². The molecule has 0 spiro atoms. The highest BCUT2D eigenvalue weighted by Crippen LogP contribution is 2.42. The number of nitrogens with one attached hydrogen (secondary N) is 2. The van der Waals surface area contributed by atoms with Gasteiger partial charge in [0, 0.05) is 23.2 Å². The molecule has 0 radical (unpaired) electrons. The van der Waals surface area contributed by atoms with Crippen molar-refractivity contribution < 1.29 is 28.7 Å². The van der Waals surface area contributed by atoms with Crippen LogP contribution in [-0.2, 0) is 24.8 Å². The minimum atomic E-state index is -1.33. The summed E-state index contributed by atoms with van der Waals surface area (Å²) < 4.78 is 17.5. The summed E-state index contributed by atoms with van der Waals surface area (Å²) in [5, 5.41) is 19.3. The molecular formula is C34H28ClFN6O5S2. The van der Waals surface area contributed by atoms with Crippen LogP contribution in [-0.4, -0.2) is 72.8 Å². The number of carbonyl (C=O) groups excluding carboxylic acids is 2. The van der Waals surface area contributed by atoms with E-state index >= 15 is 0 Å². The Bertz CT molecular complexity index is 1830. The molecule has 2 aliphatic rings. The number of thioether (sulfide) groups is 1. The number of oxime groups is 1. The lowest BCUT2D eigenvalue weighted by molar-refractivity contribution is -0.150. The van der Waals surface area contributed by atoms with Crippen LogP contribution >= 0.6 is 34.9 Å². The predicted octanol–water partition coefficient (Wildman–Crippen LogP) is 5.12. The number of benzene rings is 3. The van der Waals surface area contributed by atoms with E-state index in [1.54, 1.807) is 12.2 Å². The zero-order chi connectivity index (χ0) is 34.4. The maximum absolute atomic E-state index is 13.6. The number of halogens is 2. The van der Waals surface area contributed by atoms with Crippen molar-refractivity contribution in [2.75, 3.05) is 23.8 Å². The van der Waals surface area contributed by atoms with Crippen LogP contribution in [0.2, 0.25) is 0 Å². The molecular weight excluding hydrogens is 691 g/mol. The second-order valence-electron chi connectivity index (χ2n) is 10.7. The monoisotopic (exact) mass is 718 g/mol. The van der Waals surface area contributed by atoms with E-state index in [2.05, 4.69) is 30.0 Å². The number of amides is 2. The van der Waals surface area contributed by atoms with Gasteiger partial charge in [0.1, 0.15) is 22.7 Å². The molecule has 1 saturated heterocycles. The smallest absolute Gasteiger partial charge is 0.352 e. The third-order valence-electron chi connectivity index (χ3n) is 7.87. The summed E-state index contributed by atoms with van der Waals surface area (Å²) in [7, 11) is 0. The minimum absolute atomic E-state index is 0.166. The van der Waals surface area contributed by atoms with Crippen molar-refractivity contribution in [2.24, 2.45) is 5.16 Å². The van der Waals surface area contributed by atoms with Crippen molar-refractivity contribution in [3.63, 3.8) is 0 Å². The molecule has 6 rings (SSSR count). The number of carboxylic acids is 1. The first-order chi connectivity index (χ1) is 23.9. The van der Waals surface area contributed by atoms with Gasteiger partial charge >= 0.3 is 5.97 Å². The number of rotatable bonds is 13. The fourth-order valence-electron chi connectivity index (χ4n) is 5.75. The molecule has 3 heterocycles. The van der Waals surface area contributed by atoms with Crippen LogP contribution in [0.5, 0.6) is 0 Å². The molecule has 0 bridgehead atoms. The Labute approximate surface area is 293 Å². The Balaban J connectivity index is 1.30. The second kappa shape index (κ2) is 15.0. The van der Waals surface area contributed by atoms with Gasteiger partial charge in [-0.25, -0.2) is 9.18 Å². The quantitative estimate of drug-likeness (QED) is 0.0564. The van der Waals surface area contributed by atoms with Gasteiger partial charge in [0.25, 0.3) is 18.7 Å². The van der Waals surface area contributed by atoms with E-state index in [0.29, 0.717) is 10.7 Å². The summed E-state index contributed by atoms with van der Waals surface area (Å²) in [6, 6.07) is 28.3. The molecule has 0 unspecified atom stereocenters. The third-order valence-corrected chi connectivity index (χ3v) is 9.98. The van der Waals surface area contributed by atoms with Crippen molar-refractivity contribution in [2.45, 2.75) is 17.0 Å². The fourth-order valence-corrected chi connectivity index (χ4v) is 7.79. The van der Waals surface area contributed by atoms with Crippen LogP contribution < -0.4 is 10.6 Å². The van der Waals surface area contributed by atoms with E-state index in [-0.39, 0.29) is 23.2 Å². The number of aliphatic carboxylic acids is 1. The zero-order valence-corrected chi connectivity index (χ0v) is 27.9. The van der Waals surface area contributed by atoms with Gasteiger partial charge in [-0.2, -0.15) is 9.36 Å². The van der Waals surface area contributed by atoms with Gasteiger partial charge in [-0.05, 0) is 22.3 Å². The molecule has 1 aromatic heterocycles. The summed E-state index contributed by atoms with van der Waals surface area (Å²) in [6.45, 7) is -1.33. The fraction of sp³-hybridized carbons (Fsp3) is 0.176. The molecule has 2 atom stereocenters. The molecule has 250 valence electrons. The number of β-lactam (4-membered cyclic amide) rings is 1. The molecule has 15 heteroatoms. The van der Waals surface area contributed by atoms with Crippen molar-refractivity contribution in [3.05, 3.63) is 137 Å². The van der Waals surface area contributed by atoms with E-state index in [9.17, 15) is 23.9 Å². The number of nitrogens with zero attached hydrogens (tertiary/aromatic N) is 4. The first kappa shape index (κ1) is 33.8. The summed E-state index contributed by atoms with van der Waals surface area (Å²) in [5.74, 6) is -2.52. The van der Waals surface area contributed by atoms with Crippen molar-refractivity contribution in [1.82, 2.24) is 19.6 Å². The molecule has 1 fully saturated rings. The Kier molecular flexibility index (Phi) is 10.4. The van der Waals surface area contributed by atoms with Crippen molar-refractivity contribution in [3.8, 4) is 0 Å². The predicted molar refractivity (Wildman–Crippen MR) is 186 cm³/mol. The Morgan fingerprint density at radius 3 is 2.16 bits per heavy atom. The SMILES string of the molecule is O=C(O)C1=C(/C=C/CCl)CS[C@@H]2[C@H](NC(=O)/C(=N\OCF)c3nsc(NC(c4ccccc4)(c4ccccc4)c4ccccc4)n3)C(=O)N12. The van der Waals surface area contributed by atoms with Crippen LogP contribution in [0.4, 0.5) is 9.52 Å². The van der Waals surface area contributed by atoms with Gasteiger partial charge < -0.3 is 20.6 Å². The van der Waals surface area contributed by atoms with E-state index in [4.69, 9.17) is 11.6 Å². The topological polar surface area (TPSA) is 146 Å². The Morgan fingerprint density at radius 1 is 1.04 bits per heavy atom. The molecule has 4 aromatic rings. The maximum Gasteiger partial charge on any atom is 0.352 e. The first-order valence-electron chi connectivity index (χ1n) is 14.9. The van der Waals surface area contributed by atoms with E-state index in [1.165, 1.54) is 11.8 Å². The second-order valence-corrected chi connectivity index (χ2v) is 12.8. The normalized spacial score (nSPS) is 17.8. The standard InChI is InChI=1S/C34H28ClFN6O5S2/c35-18-10-11-21-19-48-31-26(30(44)42(31)27(21)32(45)46)37-29(43)25(40-47-20-36)28-38-33(49-41-28)39-34(22-12-4-1-5-13-22,23-14-6-2-7-15-23)24-16-8-3-9-17-24/h1-17,26,31H,18-20H2,(H,37,43)(H,45,46)(H,38,39,41)/b11-10+,40-25-/t26-,31-/m1/s1. The average molecular weight is 719 g/mol. The molecule has 0 saturated carbocycles. The van der Waals surface area contributed by atoms with E-state index < -0.39 is 47.3 Å². The van der Waals surface area contributed by atoms with Gasteiger partial charge in [0.2, 0.25) is 16.7 Å². The molecule has 3 aromatic carbocycles. The van der Waals surface area contributed by atoms with Gasteiger partial charge in [-0.1, -0.05) is 108 Å². The minimum Gasteiger partial charge on any atom is -0.477 e. The summed E-state index contributed by atoms with van der Waals surface area (Å²) in [4.78, 5) is 49.1. The largest absolute Gasteiger partial charge is 0.477 e. The maximum atomic E-state index is 13.6. The lowest BCUT2D eigenvalue weighted by atomic mass is 9.77. The summed E-state index contributed by atoms with van der Waals surface area (Å²) >= 11 is 7.96. The number of fused-ring (bicyclic) bond motifs is 1. The highest BCUT2D eigenvalue weighted by atomic mass is 35.5. The highest BCUT2D eigenvalue weighted by molar-refractivity contribution is 8.00. The number of anilines is 1. The van der Waals surface area contributed by atoms with Crippen LogP contribution in [0.3, 0.4) is 0 Å². The number of aromatic nitrogens is 2. The first-order valence-corrected chi connectivity index (χ1v) is 17.2. The van der Waals surface area contributed by atoms with E-state index in [1.807, 2.05) is 91.0 Å². The van der Waals surface area contributed by atoms with Gasteiger partial charge in [0.05, 0.1) is 0 Å². The molecule has 11 nitrogen and oxygen atoms in total. The summed E-state index contributed by atoms with van der Waals surface area (Å²) in [6.07, 6.45) is 3.16. The number of carbonyl (C=O) groups is 3.